The van der Waals surface area contributed by atoms with Crippen LogP contribution in [-0.2, 0) is 7.05 Å². The molecule has 0 bridgehead atoms. The third kappa shape index (κ3) is 4.94. The Morgan fingerprint density at radius 1 is 1.18 bits per heavy atom. The Balaban J connectivity index is 1.64. The highest BCUT2D eigenvalue weighted by atomic mass is 79.9. The molecular formula is C20H20BrN3O3S. The van der Waals surface area contributed by atoms with Crippen LogP contribution in [0, 0.1) is 0 Å². The Bertz CT molecular complexity index is 960. The number of nitrogens with zero attached hydrogens (tertiary/aromatic N) is 3. The predicted molar refractivity (Wildman–Crippen MR) is 112 cm³/mol. The quantitative estimate of drug-likeness (QED) is 0.357. The minimum absolute atomic E-state index is 0.0442. The fraction of sp³-hybridized carbons (Fsp3) is 0.250. The largest absolute Gasteiger partial charge is 0.497 e. The van der Waals surface area contributed by atoms with E-state index in [-0.39, 0.29) is 11.9 Å². The second-order valence-electron chi connectivity index (χ2n) is 6.06. The van der Waals surface area contributed by atoms with Crippen molar-refractivity contribution in [2.24, 2.45) is 7.05 Å². The highest BCUT2D eigenvalue weighted by Gasteiger charge is 2.18. The van der Waals surface area contributed by atoms with E-state index in [4.69, 9.17) is 9.47 Å². The highest BCUT2D eigenvalue weighted by molar-refractivity contribution is 9.10. The average molecular weight is 462 g/mol. The second kappa shape index (κ2) is 9.25. The molecule has 0 spiro atoms. The van der Waals surface area contributed by atoms with Crippen LogP contribution in [0.3, 0.4) is 0 Å². The van der Waals surface area contributed by atoms with Gasteiger partial charge in [0.15, 0.2) is 22.9 Å². The Morgan fingerprint density at radius 3 is 2.61 bits per heavy atom. The molecule has 1 aromatic heterocycles. The maximum atomic E-state index is 12.4. The number of methoxy groups -OCH3 is 1. The second-order valence-corrected chi connectivity index (χ2v) is 7.92. The van der Waals surface area contributed by atoms with Crippen LogP contribution >= 0.6 is 27.7 Å². The number of hydrogen-bond donors (Lipinski definition) is 0. The van der Waals surface area contributed by atoms with Crippen molar-refractivity contribution in [3.8, 4) is 11.5 Å². The van der Waals surface area contributed by atoms with Crippen LogP contribution < -0.4 is 9.47 Å². The average Bonchev–Trinajstić information content (AvgIpc) is 3.07. The molecule has 1 unspecified atom stereocenters. The van der Waals surface area contributed by atoms with E-state index in [1.807, 2.05) is 54.9 Å². The smallest absolute Gasteiger partial charge is 0.191 e. The van der Waals surface area contributed by atoms with Gasteiger partial charge in [-0.1, -0.05) is 45.9 Å². The zero-order valence-electron chi connectivity index (χ0n) is 15.8. The standard InChI is InChI=1S/C20H20BrN3O3S/c1-13(27-17-6-4-5-16(11-17)26-3)19-22-23-20(24(19)2)28-12-18(25)14-7-9-15(21)10-8-14/h4-11,13H,12H2,1-3H3. The molecule has 0 aliphatic carbocycles. The number of ether oxygens (including phenoxy) is 2. The summed E-state index contributed by atoms with van der Waals surface area (Å²) in [6.45, 7) is 1.91. The number of carbonyl (C=O) groups is 1. The third-order valence-corrected chi connectivity index (χ3v) is 5.63. The van der Waals surface area contributed by atoms with Crippen molar-refractivity contribution in [2.75, 3.05) is 12.9 Å². The number of rotatable bonds is 8. The number of Topliss-reactive ketones (excluding diaryl/α,β-unsaturated/α-hetero) is 1. The van der Waals surface area contributed by atoms with Gasteiger partial charge < -0.3 is 14.0 Å². The molecule has 6 nitrogen and oxygen atoms in total. The zero-order chi connectivity index (χ0) is 20.1. The first-order chi connectivity index (χ1) is 13.5. The van der Waals surface area contributed by atoms with Gasteiger partial charge in [-0.2, -0.15) is 0 Å². The molecule has 146 valence electrons. The molecule has 0 aliphatic heterocycles. The lowest BCUT2D eigenvalue weighted by Gasteiger charge is -2.14. The molecule has 1 heterocycles. The number of halogens is 1. The van der Waals surface area contributed by atoms with E-state index >= 15 is 0 Å². The molecule has 3 aromatic rings. The summed E-state index contributed by atoms with van der Waals surface area (Å²) >= 11 is 4.73. The van der Waals surface area contributed by atoms with Crippen LogP contribution in [0.4, 0.5) is 0 Å². The number of thioether (sulfide) groups is 1. The molecule has 28 heavy (non-hydrogen) atoms. The Morgan fingerprint density at radius 2 is 1.89 bits per heavy atom. The van der Waals surface area contributed by atoms with Crippen molar-refractivity contribution >= 4 is 33.5 Å². The lowest BCUT2D eigenvalue weighted by atomic mass is 10.2. The molecule has 1 atom stereocenters. The summed E-state index contributed by atoms with van der Waals surface area (Å²) in [6, 6.07) is 14.7. The fourth-order valence-electron chi connectivity index (χ4n) is 2.59. The first-order valence-electron chi connectivity index (χ1n) is 8.59. The summed E-state index contributed by atoms with van der Waals surface area (Å²) in [5, 5.41) is 9.11. The molecule has 2 aromatic carbocycles. The SMILES string of the molecule is COc1cccc(OC(C)c2nnc(SCC(=O)c3ccc(Br)cc3)n2C)c1. The van der Waals surface area contributed by atoms with Gasteiger partial charge in [-0.25, -0.2) is 0 Å². The summed E-state index contributed by atoms with van der Waals surface area (Å²) in [7, 11) is 3.48. The van der Waals surface area contributed by atoms with Crippen molar-refractivity contribution < 1.29 is 14.3 Å². The molecular weight excluding hydrogens is 442 g/mol. The summed E-state index contributed by atoms with van der Waals surface area (Å²) in [6.07, 6.45) is -0.305. The van der Waals surface area contributed by atoms with Gasteiger partial charge in [0.05, 0.1) is 12.9 Å². The predicted octanol–water partition coefficient (Wildman–Crippen LogP) is 4.70. The number of hydrogen-bond acceptors (Lipinski definition) is 6. The molecule has 3 rings (SSSR count). The van der Waals surface area contributed by atoms with Gasteiger partial charge in [0.1, 0.15) is 11.5 Å². The van der Waals surface area contributed by atoms with Gasteiger partial charge in [-0.3, -0.25) is 4.79 Å². The molecule has 8 heteroatoms. The molecule has 0 N–H and O–H groups in total. The Labute approximate surface area is 176 Å². The molecule has 0 aliphatic rings. The maximum absolute atomic E-state index is 12.4. The molecule has 0 radical (unpaired) electrons. The first-order valence-corrected chi connectivity index (χ1v) is 10.4. The van der Waals surface area contributed by atoms with E-state index in [9.17, 15) is 4.79 Å². The number of aromatic nitrogens is 3. The van der Waals surface area contributed by atoms with E-state index in [0.717, 1.165) is 10.2 Å². The van der Waals surface area contributed by atoms with Crippen LogP contribution in [0.2, 0.25) is 0 Å². The normalized spacial score (nSPS) is 11.9. The van der Waals surface area contributed by atoms with Crippen molar-refractivity contribution in [3.05, 3.63) is 64.4 Å². The van der Waals surface area contributed by atoms with Crippen LogP contribution in [0.1, 0.15) is 29.2 Å². The van der Waals surface area contributed by atoms with Crippen LogP contribution in [0.15, 0.2) is 58.2 Å². The van der Waals surface area contributed by atoms with E-state index in [1.165, 1.54) is 11.8 Å². The summed E-state index contributed by atoms with van der Waals surface area (Å²) in [5.41, 5.74) is 0.674. The van der Waals surface area contributed by atoms with Crippen molar-refractivity contribution in [1.29, 1.82) is 0 Å². The molecule has 0 saturated carbocycles. The number of benzene rings is 2. The fourth-order valence-corrected chi connectivity index (χ4v) is 3.66. The Hall–Kier alpha value is -2.32. The monoisotopic (exact) mass is 461 g/mol. The zero-order valence-corrected chi connectivity index (χ0v) is 18.2. The van der Waals surface area contributed by atoms with Crippen molar-refractivity contribution in [2.45, 2.75) is 18.2 Å². The van der Waals surface area contributed by atoms with Gasteiger partial charge in [-0.05, 0) is 31.2 Å². The lowest BCUT2D eigenvalue weighted by molar-refractivity contribution is 0.102. The van der Waals surface area contributed by atoms with Crippen LogP contribution in [0.5, 0.6) is 11.5 Å². The van der Waals surface area contributed by atoms with E-state index in [1.54, 1.807) is 19.2 Å². The highest BCUT2D eigenvalue weighted by Crippen LogP contribution is 2.26. The summed E-state index contributed by atoms with van der Waals surface area (Å²) in [4.78, 5) is 12.4. The topological polar surface area (TPSA) is 66.2 Å². The number of carbonyl (C=O) groups excluding carboxylic acids is 1. The van der Waals surface area contributed by atoms with Crippen molar-refractivity contribution in [1.82, 2.24) is 14.8 Å². The van der Waals surface area contributed by atoms with E-state index < -0.39 is 0 Å². The number of ketones is 1. The van der Waals surface area contributed by atoms with Gasteiger partial charge >= 0.3 is 0 Å². The minimum Gasteiger partial charge on any atom is -0.497 e. The third-order valence-electron chi connectivity index (χ3n) is 4.08. The molecule has 0 fully saturated rings. The lowest BCUT2D eigenvalue weighted by Crippen LogP contribution is -2.10. The van der Waals surface area contributed by atoms with Gasteiger partial charge in [0.2, 0.25) is 0 Å². The van der Waals surface area contributed by atoms with Gasteiger partial charge in [-0.15, -0.1) is 10.2 Å². The van der Waals surface area contributed by atoms with Crippen LogP contribution in [-0.4, -0.2) is 33.4 Å². The minimum atomic E-state index is -0.305. The summed E-state index contributed by atoms with van der Waals surface area (Å²) in [5.74, 6) is 2.43. The summed E-state index contributed by atoms with van der Waals surface area (Å²) < 4.78 is 14.0. The van der Waals surface area contributed by atoms with E-state index in [2.05, 4.69) is 26.1 Å². The van der Waals surface area contributed by atoms with E-state index in [0.29, 0.717) is 28.0 Å². The van der Waals surface area contributed by atoms with Gasteiger partial charge in [0.25, 0.3) is 0 Å². The van der Waals surface area contributed by atoms with Crippen LogP contribution in [0.25, 0.3) is 0 Å². The first kappa shape index (κ1) is 20.4. The maximum Gasteiger partial charge on any atom is 0.191 e. The molecule has 0 amide bonds. The van der Waals surface area contributed by atoms with Crippen molar-refractivity contribution in [3.63, 3.8) is 0 Å². The molecule has 0 saturated heterocycles. The van der Waals surface area contributed by atoms with Gasteiger partial charge in [0, 0.05) is 23.2 Å². The Kier molecular flexibility index (Phi) is 6.74.